The van der Waals surface area contributed by atoms with Crippen molar-refractivity contribution < 1.29 is 24.0 Å². The van der Waals surface area contributed by atoms with Crippen LogP contribution in [0.3, 0.4) is 0 Å². The summed E-state index contributed by atoms with van der Waals surface area (Å²) in [4.78, 5) is 71.0. The Hall–Kier alpha value is -3.58. The highest BCUT2D eigenvalue weighted by Gasteiger charge is 2.36. The maximum absolute atomic E-state index is 14.1. The maximum atomic E-state index is 14.1. The van der Waals surface area contributed by atoms with Crippen molar-refractivity contribution in [3.63, 3.8) is 0 Å². The highest BCUT2D eigenvalue weighted by Crippen LogP contribution is 2.29. The quantitative estimate of drug-likeness (QED) is 0.121. The van der Waals surface area contributed by atoms with Gasteiger partial charge in [-0.3, -0.25) is 24.0 Å². The van der Waals surface area contributed by atoms with E-state index in [0.29, 0.717) is 43.2 Å². The zero-order chi connectivity index (χ0) is 36.1. The van der Waals surface area contributed by atoms with E-state index in [-0.39, 0.29) is 30.6 Å². The molecule has 4 atom stereocenters. The Balaban J connectivity index is 1.86. The predicted octanol–water partition coefficient (Wildman–Crippen LogP) is 3.55. The zero-order valence-corrected chi connectivity index (χ0v) is 30.6. The number of nitrogens with zero attached hydrogens (tertiary/aromatic N) is 1. The molecule has 1 fully saturated rings. The Kier molecular flexibility index (Phi) is 15.9. The van der Waals surface area contributed by atoms with Gasteiger partial charge in [0.15, 0.2) is 0 Å². The second kappa shape index (κ2) is 19.6. The number of hydrogen-bond acceptors (Lipinski definition) is 8. The fourth-order valence-corrected chi connectivity index (χ4v) is 7.31. The third-order valence-corrected chi connectivity index (χ3v) is 10.2. The van der Waals surface area contributed by atoms with Gasteiger partial charge in [-0.05, 0) is 80.5 Å². The van der Waals surface area contributed by atoms with Crippen molar-refractivity contribution in [3.05, 3.63) is 28.8 Å². The van der Waals surface area contributed by atoms with Gasteiger partial charge < -0.3 is 32.7 Å². The van der Waals surface area contributed by atoms with E-state index in [1.807, 2.05) is 19.9 Å². The highest BCUT2D eigenvalue weighted by atomic mass is 32.1. The van der Waals surface area contributed by atoms with Crippen molar-refractivity contribution in [1.82, 2.24) is 26.3 Å². The molecule has 0 radical (unpaired) electrons. The summed E-state index contributed by atoms with van der Waals surface area (Å²) in [5.41, 5.74) is 13.3. The number of nitrogens with two attached hydrogens (primary N) is 2. The van der Waals surface area contributed by atoms with E-state index in [1.165, 1.54) is 16.9 Å². The summed E-state index contributed by atoms with van der Waals surface area (Å²) in [6.45, 7) is 10.3. The molecule has 3 rings (SSSR count). The molecule has 0 unspecified atom stereocenters. The van der Waals surface area contributed by atoms with E-state index in [0.717, 1.165) is 42.3 Å². The summed E-state index contributed by atoms with van der Waals surface area (Å²) in [6.07, 6.45) is 6.61. The molecule has 0 spiro atoms. The maximum Gasteiger partial charge on any atom is 0.243 e. The molecule has 1 heterocycles. The largest absolute Gasteiger partial charge is 0.368 e. The summed E-state index contributed by atoms with van der Waals surface area (Å²) < 4.78 is 1.01. The molecule has 8 N–H and O–H groups in total. The predicted molar refractivity (Wildman–Crippen MR) is 194 cm³/mol. The molecular formula is C36H57N7O5S. The van der Waals surface area contributed by atoms with E-state index < -0.39 is 47.8 Å². The topological polar surface area (TPSA) is 198 Å². The average Bonchev–Trinajstić information content (AvgIpc) is 3.47. The number of carbonyl (C=O) groups excluding carboxylic acids is 5. The number of aromatic nitrogens is 1. The number of amides is 5. The normalized spacial score (nSPS) is 16.2. The van der Waals surface area contributed by atoms with Crippen molar-refractivity contribution in [2.45, 2.75) is 135 Å². The summed E-state index contributed by atoms with van der Waals surface area (Å²) in [5.74, 6) is -2.08. The van der Waals surface area contributed by atoms with Crippen molar-refractivity contribution in [2.24, 2.45) is 23.3 Å². The molecule has 0 saturated heterocycles. The van der Waals surface area contributed by atoms with Gasteiger partial charge in [0.25, 0.3) is 0 Å². The van der Waals surface area contributed by atoms with Crippen LogP contribution in [0.25, 0.3) is 10.2 Å². The van der Waals surface area contributed by atoms with Crippen LogP contribution in [0.1, 0.15) is 115 Å². The first-order chi connectivity index (χ1) is 23.3. The molecule has 1 saturated carbocycles. The first-order valence-corrected chi connectivity index (χ1v) is 18.7. The molecule has 1 aliphatic rings. The minimum atomic E-state index is -0.954. The van der Waals surface area contributed by atoms with Crippen LogP contribution < -0.4 is 32.7 Å². The second-order valence-corrected chi connectivity index (χ2v) is 15.1. The number of unbranched alkanes of at least 4 members (excludes halogenated alkanes) is 1. The highest BCUT2D eigenvalue weighted by molar-refractivity contribution is 7.18. The number of hydrogen-bond donors (Lipinski definition) is 6. The van der Waals surface area contributed by atoms with Gasteiger partial charge in [0.1, 0.15) is 24.2 Å². The van der Waals surface area contributed by atoms with Crippen LogP contribution in [0.15, 0.2) is 18.2 Å². The van der Waals surface area contributed by atoms with Crippen molar-refractivity contribution in [2.75, 3.05) is 6.54 Å². The average molecular weight is 700 g/mol. The lowest BCUT2D eigenvalue weighted by atomic mass is 9.83. The van der Waals surface area contributed by atoms with Crippen LogP contribution in [0.5, 0.6) is 0 Å². The Morgan fingerprint density at radius 3 is 2.16 bits per heavy atom. The van der Waals surface area contributed by atoms with E-state index in [2.05, 4.69) is 47.2 Å². The lowest BCUT2D eigenvalue weighted by molar-refractivity contribution is -0.135. The van der Waals surface area contributed by atoms with Crippen LogP contribution in [0.4, 0.5) is 0 Å². The van der Waals surface area contributed by atoms with Gasteiger partial charge in [-0.25, -0.2) is 4.98 Å². The van der Waals surface area contributed by atoms with E-state index in [4.69, 9.17) is 16.5 Å². The lowest BCUT2D eigenvalue weighted by Gasteiger charge is -2.32. The first kappa shape index (κ1) is 39.9. The first-order valence-electron chi connectivity index (χ1n) is 17.9. The monoisotopic (exact) mass is 699 g/mol. The number of benzene rings is 1. The molecule has 49 heavy (non-hydrogen) atoms. The molecule has 0 bridgehead atoms. The molecule has 2 aromatic rings. The van der Waals surface area contributed by atoms with Gasteiger partial charge in [0, 0.05) is 12.8 Å². The molecule has 1 aromatic heterocycles. The van der Waals surface area contributed by atoms with E-state index >= 15 is 0 Å². The van der Waals surface area contributed by atoms with Gasteiger partial charge in [0.05, 0.1) is 15.2 Å². The molecule has 0 aliphatic heterocycles. The van der Waals surface area contributed by atoms with Crippen LogP contribution in [0.2, 0.25) is 0 Å². The van der Waals surface area contributed by atoms with Crippen LogP contribution in [-0.2, 0) is 30.4 Å². The Morgan fingerprint density at radius 1 is 0.878 bits per heavy atom. The third-order valence-electron chi connectivity index (χ3n) is 9.12. The van der Waals surface area contributed by atoms with Crippen LogP contribution in [-0.4, -0.2) is 65.2 Å². The zero-order valence-electron chi connectivity index (χ0n) is 29.8. The standard InChI is InChI=1S/C36H57N7O5S/c1-6-30(44)39-28(20-31-40-25-16-15-24(22(4)5)19-29(25)49-31)35(47)43-32(23-12-8-7-9-13-23)36(48)41-26(14-10-11-17-37)34(46)42-27(33(38)45)18-21(2)3/h15-16,19,21-23,26-28,32H,6-14,17-18,20,37H2,1-5H3,(H2,38,45)(H,39,44)(H,41,48)(H,42,46)(H,43,47)/t26-,27-,28-,32-/m0/s1. The minimum absolute atomic E-state index is 0.107. The number of fused-ring (bicyclic) bond motifs is 1. The third kappa shape index (κ3) is 12.4. The van der Waals surface area contributed by atoms with Crippen molar-refractivity contribution in [1.29, 1.82) is 0 Å². The molecule has 272 valence electrons. The molecular weight excluding hydrogens is 643 g/mol. The SMILES string of the molecule is CCC(=O)N[C@@H](Cc1nc2ccc(C(C)C)cc2s1)C(=O)N[C@H](C(=O)N[C@@H](CCCCN)C(=O)N[C@@H](CC(C)C)C(N)=O)C1CCCCC1. The molecule has 12 nitrogen and oxygen atoms in total. The number of primary amides is 1. The number of nitrogens with one attached hydrogen (secondary N) is 4. The Morgan fingerprint density at radius 2 is 1.55 bits per heavy atom. The summed E-state index contributed by atoms with van der Waals surface area (Å²) in [5, 5.41) is 12.1. The fraction of sp³-hybridized carbons (Fsp3) is 0.667. The van der Waals surface area contributed by atoms with Crippen LogP contribution in [0, 0.1) is 11.8 Å². The van der Waals surface area contributed by atoms with Gasteiger partial charge in [-0.2, -0.15) is 0 Å². The number of rotatable bonds is 19. The molecule has 1 aliphatic carbocycles. The Bertz CT molecular complexity index is 1420. The van der Waals surface area contributed by atoms with E-state index in [1.54, 1.807) is 6.92 Å². The minimum Gasteiger partial charge on any atom is -0.368 e. The summed E-state index contributed by atoms with van der Waals surface area (Å²) >= 11 is 1.49. The second-order valence-electron chi connectivity index (χ2n) is 14.0. The van der Waals surface area contributed by atoms with E-state index in [9.17, 15) is 24.0 Å². The number of carbonyl (C=O) groups is 5. The molecule has 5 amide bonds. The Labute approximate surface area is 294 Å². The van der Waals surface area contributed by atoms with Crippen molar-refractivity contribution >= 4 is 51.1 Å². The molecule has 1 aromatic carbocycles. The number of thiazole rings is 1. The van der Waals surface area contributed by atoms with Crippen molar-refractivity contribution in [3.8, 4) is 0 Å². The van der Waals surface area contributed by atoms with Crippen LogP contribution >= 0.6 is 11.3 Å². The summed E-state index contributed by atoms with van der Waals surface area (Å²) in [6, 6.07) is 2.43. The smallest absolute Gasteiger partial charge is 0.243 e. The molecule has 13 heteroatoms. The fourth-order valence-electron chi connectivity index (χ4n) is 6.25. The van der Waals surface area contributed by atoms with Gasteiger partial charge in [0.2, 0.25) is 29.5 Å². The lowest BCUT2D eigenvalue weighted by Crippen LogP contribution is -2.60. The van der Waals surface area contributed by atoms with Gasteiger partial charge in [-0.15, -0.1) is 11.3 Å². The summed E-state index contributed by atoms with van der Waals surface area (Å²) in [7, 11) is 0. The van der Waals surface area contributed by atoms with Gasteiger partial charge >= 0.3 is 0 Å². The van der Waals surface area contributed by atoms with Gasteiger partial charge in [-0.1, -0.05) is 59.9 Å².